The van der Waals surface area contributed by atoms with Crippen LogP contribution in [-0.4, -0.2) is 77.0 Å². The van der Waals surface area contributed by atoms with Gasteiger partial charge in [0.15, 0.2) is 0 Å². The molecule has 0 aliphatic heterocycles. The van der Waals surface area contributed by atoms with Crippen LogP contribution < -0.4 is 42.4 Å². The van der Waals surface area contributed by atoms with Crippen LogP contribution in [-0.2, 0) is 88.7 Å². The summed E-state index contributed by atoms with van der Waals surface area (Å²) in [4.78, 5) is 0. The molecular weight excluding hydrogens is 1840 g/mol. The third kappa shape index (κ3) is 73.4. The Morgan fingerprint density at radius 1 is 0.238 bits per heavy atom. The average molecular weight is 1970 g/mol. The summed E-state index contributed by atoms with van der Waals surface area (Å²) in [6.07, 6.45) is 10.8. The van der Waals surface area contributed by atoms with E-state index in [1.165, 1.54) is 54.8 Å². The van der Waals surface area contributed by atoms with Crippen LogP contribution in [0, 0.1) is 70.2 Å². The molecule has 8 aromatic carbocycles. The summed E-state index contributed by atoms with van der Waals surface area (Å²) in [5.41, 5.74) is 53.2. The molecule has 0 unspecified atom stereocenters. The summed E-state index contributed by atoms with van der Waals surface area (Å²) in [7, 11) is 16.7. The molecule has 0 spiro atoms. The quantitative estimate of drug-likeness (QED) is 0.0355. The maximum atomic E-state index is 7.46. The Hall–Kier alpha value is -0.563. The van der Waals surface area contributed by atoms with E-state index in [0.29, 0.717) is 52.4 Å². The van der Waals surface area contributed by atoms with E-state index in [0.717, 1.165) is 63.7 Å². The van der Waals surface area contributed by atoms with Crippen molar-refractivity contribution in [3.8, 4) is 0 Å². The Bertz CT molecular complexity index is 2110. The molecule has 2 radical (unpaired) electrons. The zero-order valence-corrected chi connectivity index (χ0v) is 74.2. The summed E-state index contributed by atoms with van der Waals surface area (Å²) >= 11 is -0.691. The number of nitrogens with one attached hydrogen (secondary N) is 8. The van der Waals surface area contributed by atoms with Crippen LogP contribution >= 0.6 is 70.5 Å². The van der Waals surface area contributed by atoms with Crippen molar-refractivity contribution in [2.75, 3.05) is 77.0 Å². The minimum atomic E-state index is -0.738. The van der Waals surface area contributed by atoms with Crippen molar-refractivity contribution < 1.29 is 88.7 Å². The van der Waals surface area contributed by atoms with E-state index < -0.39 is 31.7 Å². The molecule has 0 amide bonds. The first kappa shape index (κ1) is 124. The van der Waals surface area contributed by atoms with Crippen molar-refractivity contribution in [2.24, 2.45) is 0 Å². The van der Waals surface area contributed by atoms with Crippen molar-refractivity contribution in [1.29, 1.82) is 0 Å². The van der Waals surface area contributed by atoms with E-state index in [-0.39, 0.29) is 118 Å². The molecule has 8 aromatic rings. The molecular formula is C80H124Cl4N8P4Ru5-6. The van der Waals surface area contributed by atoms with Gasteiger partial charge in [0.25, 0.3) is 0 Å². The number of halogens is 4. The fourth-order valence-corrected chi connectivity index (χ4v) is 17.1. The minimum absolute atomic E-state index is 0. The normalized spacial score (nSPS) is 8.95. The standard InChI is InChI=1S/2C15H16P.2C14H15NP.6C3H7N.2CH4.2CH3.4ClH.5Ru.2H/c2*1-2-13-16(14-9-5-3-6-10-14)15-11-7-4-8-12-15;2*15-11-12-16(13-7-3-1-4-8-13)14-9-5-2-6-10-14;6*1-2-3-4;;;;;;;;;;;;;;;/h2*3-12H,1-2,13H2;2*1-10,15H,11-12H2;6*4H,1-3H2;2*1H4;2*1H3;4*1H;;;;;;;/q4*-1;6*-2;;;2*-1;;;;;;2*+2;+3;+5;;. The van der Waals surface area contributed by atoms with Crippen LogP contribution in [0.15, 0.2) is 243 Å². The monoisotopic (exact) mass is 1970 g/mol. The molecule has 0 aliphatic rings. The van der Waals surface area contributed by atoms with Crippen LogP contribution in [0.25, 0.3) is 45.9 Å². The first-order chi connectivity index (χ1) is 46.0. The maximum absolute atomic E-state index is 7.46. The Balaban J connectivity index is -0.000000103. The summed E-state index contributed by atoms with van der Waals surface area (Å²) in [6.45, 7) is 32.3. The Labute approximate surface area is 696 Å². The predicted octanol–water partition coefficient (Wildman–Crippen LogP) is 23.9. The molecule has 0 saturated carbocycles. The average Bonchev–Trinajstić information content (AvgIpc) is 0.892. The van der Waals surface area contributed by atoms with Gasteiger partial charge < -0.3 is 116 Å². The zero-order chi connectivity index (χ0) is 70.8. The third-order valence-corrected chi connectivity index (χ3v) is 23.1. The van der Waals surface area contributed by atoms with Crippen molar-refractivity contribution >= 4 is 113 Å². The van der Waals surface area contributed by atoms with Crippen molar-refractivity contribution in [3.63, 3.8) is 0 Å². The van der Waals surface area contributed by atoms with Gasteiger partial charge in [-0.25, -0.2) is 38.5 Å². The van der Waals surface area contributed by atoms with Gasteiger partial charge in [-0.1, -0.05) is 160 Å². The van der Waals surface area contributed by atoms with Crippen LogP contribution in [0.3, 0.4) is 0 Å². The molecule has 0 aliphatic carbocycles. The molecule has 578 valence electrons. The fourth-order valence-electron chi connectivity index (χ4n) is 7.54. The van der Waals surface area contributed by atoms with E-state index in [4.69, 9.17) is 84.6 Å². The number of hydrogen-bond donors (Lipinski definition) is 0. The first-order valence-electron chi connectivity index (χ1n) is 31.1. The van der Waals surface area contributed by atoms with Gasteiger partial charge >= 0.3 is 127 Å². The van der Waals surface area contributed by atoms with Gasteiger partial charge in [0.1, 0.15) is 0 Å². The summed E-state index contributed by atoms with van der Waals surface area (Å²) < 4.78 is 0. The zero-order valence-electron chi connectivity index (χ0n) is 58.2. The van der Waals surface area contributed by atoms with Crippen LogP contribution in [0.2, 0.25) is 0 Å². The van der Waals surface area contributed by atoms with Crippen molar-refractivity contribution in [2.45, 2.75) is 66.2 Å². The topological polar surface area (TPSA) is 190 Å². The second-order valence-electron chi connectivity index (χ2n) is 18.8. The van der Waals surface area contributed by atoms with E-state index in [1.807, 2.05) is 0 Å². The second-order valence-corrected chi connectivity index (χ2v) is 34.5. The summed E-state index contributed by atoms with van der Waals surface area (Å²) in [5, 5.41) is 11.6. The molecule has 8 rings (SSSR count). The first-order valence-corrected chi connectivity index (χ1v) is 46.8. The molecule has 0 heterocycles. The molecule has 101 heavy (non-hydrogen) atoms. The van der Waals surface area contributed by atoms with Gasteiger partial charge in [-0.15, -0.1) is 25.9 Å². The molecule has 0 saturated heterocycles. The molecule has 0 atom stereocenters. The van der Waals surface area contributed by atoms with Gasteiger partial charge in [0, 0.05) is 24.6 Å². The summed E-state index contributed by atoms with van der Waals surface area (Å²) in [5.74, 6) is 0. The molecule has 8 N–H and O–H groups in total. The molecule has 21 heteroatoms. The van der Waals surface area contributed by atoms with Gasteiger partial charge in [-0.2, -0.15) is 39.3 Å². The van der Waals surface area contributed by atoms with E-state index >= 15 is 0 Å². The Morgan fingerprint density at radius 3 is 0.416 bits per heavy atom. The van der Waals surface area contributed by atoms with Gasteiger partial charge in [-0.3, -0.25) is 0 Å². The summed E-state index contributed by atoms with van der Waals surface area (Å²) in [6, 6.07) is 85.8. The van der Waals surface area contributed by atoms with Gasteiger partial charge in [0.2, 0.25) is 0 Å². The molecule has 8 nitrogen and oxygen atoms in total. The van der Waals surface area contributed by atoms with E-state index in [1.54, 1.807) is 0 Å². The Morgan fingerprint density at radius 2 is 0.337 bits per heavy atom. The van der Waals surface area contributed by atoms with Crippen molar-refractivity contribution in [1.82, 2.24) is 0 Å². The van der Waals surface area contributed by atoms with Gasteiger partial charge in [0.05, 0.1) is 74.1 Å². The van der Waals surface area contributed by atoms with E-state index in [9.17, 15) is 0 Å². The molecule has 0 fully saturated rings. The molecule has 0 aromatic heterocycles. The SMILES string of the molecule is C.C.[CH2-]CC[NH-].[CH2-]CC[NH-].[CH2-]CC[NH-].[CH2-]CC[NH-].[CH2-]CC[NH-].[CH2-]CC[NH-].[CH2-]CC[PH+](c1ccccc1)c1ccccc1.[CH2-]CC[PH+](c1ccccc1)c1ccccc1.[CH3-].[CH3-].[Cl][Ru][Cl].[Cl][Ru][Cl].[NH-]CC[PH+](c1ccccc1)c1ccccc1.[NH-]CC[PH+](c1ccccc1)c1ccccc1.[Ru+3].[Ru+5].[RuH2]. The predicted molar refractivity (Wildman–Crippen MR) is 467 cm³/mol. The number of hydrogen-bond acceptors (Lipinski definition) is 0. The molecule has 0 bridgehead atoms. The van der Waals surface area contributed by atoms with Crippen LogP contribution in [0.1, 0.15) is 66.2 Å². The third-order valence-electron chi connectivity index (χ3n) is 11.6. The fraction of sp³-hybridized carbons (Fsp3) is 0.275. The van der Waals surface area contributed by atoms with E-state index in [2.05, 4.69) is 298 Å². The number of rotatable bonds is 22. The Kier molecular flexibility index (Phi) is 125. The van der Waals surface area contributed by atoms with Crippen LogP contribution in [0.4, 0.5) is 0 Å². The van der Waals surface area contributed by atoms with Crippen LogP contribution in [0.5, 0.6) is 0 Å². The number of benzene rings is 8. The van der Waals surface area contributed by atoms with Gasteiger partial charge in [-0.05, 0) is 97.1 Å². The second kappa shape index (κ2) is 101. The van der Waals surface area contributed by atoms with Crippen molar-refractivity contribution in [3.05, 3.63) is 359 Å².